The summed E-state index contributed by atoms with van der Waals surface area (Å²) in [6, 6.07) is 50.8. The summed E-state index contributed by atoms with van der Waals surface area (Å²) in [6.07, 6.45) is 10.6. The molecule has 0 radical (unpaired) electrons. The molecule has 20 nitrogen and oxygen atoms in total. The molecular formula is C117H91IN12O8P+. The first-order chi connectivity index (χ1) is 66.8. The number of nitrogens with zero attached hydrogens (tertiary/aromatic N) is 12. The minimum atomic E-state index is -1.12. The first kappa shape index (κ1) is 90.0. The average molecular weight is 1950 g/mol. The predicted molar refractivity (Wildman–Crippen MR) is 564 cm³/mol. The maximum atomic E-state index is 14.6. The smallest absolute Gasteiger partial charge is 0.271 e. The third kappa shape index (κ3) is 13.7. The van der Waals surface area contributed by atoms with Crippen molar-refractivity contribution in [1.82, 2.24) is 9.80 Å². The molecule has 6 aliphatic rings. The van der Waals surface area contributed by atoms with Crippen molar-refractivity contribution >= 4 is 244 Å². The van der Waals surface area contributed by atoms with Gasteiger partial charge < -0.3 is 0 Å². The highest BCUT2D eigenvalue weighted by molar-refractivity contribution is 14.2. The van der Waals surface area contributed by atoms with Crippen molar-refractivity contribution in [3.63, 3.8) is 0 Å². The number of hydrogen-bond acceptors (Lipinski definition) is 11. The monoisotopic (exact) mass is 1950 g/mol. The van der Waals surface area contributed by atoms with Gasteiger partial charge in [-0.25, -0.2) is 34.0 Å². The molecule has 2 fully saturated rings. The second-order valence-electron chi connectivity index (χ2n) is 41.4. The number of carbonyl (C=O) groups is 8. The molecular weight excluding hydrogens is 1860 g/mol. The minimum absolute atomic E-state index is 0.152. The van der Waals surface area contributed by atoms with Gasteiger partial charge in [-0.1, -0.05) is 219 Å². The Bertz CT molecular complexity index is 8660. The molecule has 17 aromatic rings. The molecule has 0 bridgehead atoms. The summed E-state index contributed by atoms with van der Waals surface area (Å²) in [5.74, 6) is -4.09. The van der Waals surface area contributed by atoms with Crippen LogP contribution in [0.15, 0.2) is 162 Å². The second kappa shape index (κ2) is 33.1. The van der Waals surface area contributed by atoms with Gasteiger partial charge in [-0.3, -0.25) is 48.2 Å². The highest BCUT2D eigenvalue weighted by Gasteiger charge is 2.46. The number of nitriles is 2. The molecule has 0 spiro atoms. The van der Waals surface area contributed by atoms with Gasteiger partial charge in [0, 0.05) is 82.7 Å². The van der Waals surface area contributed by atoms with E-state index in [1.165, 1.54) is 25.8 Å². The molecule has 139 heavy (non-hydrogen) atoms. The molecule has 0 N–H and O–H groups in total. The molecule has 22 heteroatoms. The Labute approximate surface area is 818 Å². The van der Waals surface area contributed by atoms with Crippen molar-refractivity contribution in [2.24, 2.45) is 4.74 Å². The van der Waals surface area contributed by atoms with Crippen LogP contribution in [-0.4, -0.2) is 70.4 Å². The molecule has 0 aromatic heterocycles. The minimum Gasteiger partial charge on any atom is -0.271 e. The number of halogens is 1. The Balaban J connectivity index is 0.000000125. The van der Waals surface area contributed by atoms with Crippen LogP contribution in [0.25, 0.3) is 153 Å². The number of hydrogen-bond donors (Lipinski definition) is 0. The summed E-state index contributed by atoms with van der Waals surface area (Å²) in [4.78, 5) is 139. The highest BCUT2D eigenvalue weighted by atomic mass is 127. The lowest BCUT2D eigenvalue weighted by Gasteiger charge is -2.37. The number of benzene rings is 17. The topological polar surface area (TPSA) is 231 Å². The van der Waals surface area contributed by atoms with E-state index in [4.69, 9.17) is 39.4 Å². The molecule has 8 amide bonds. The van der Waals surface area contributed by atoms with Crippen LogP contribution in [-0.2, 0) is 21.7 Å². The molecule has 23 rings (SSSR count). The van der Waals surface area contributed by atoms with Crippen LogP contribution in [0.1, 0.15) is 269 Å². The number of imide groups is 4. The van der Waals surface area contributed by atoms with Gasteiger partial charge in [-0.05, 0) is 258 Å². The molecule has 1 unspecified atom stereocenters. The van der Waals surface area contributed by atoms with Crippen LogP contribution in [0.3, 0.4) is 0 Å². The first-order valence-electron chi connectivity index (χ1n) is 47.1. The quantitative estimate of drug-likeness (QED) is 0.0307. The van der Waals surface area contributed by atoms with Crippen molar-refractivity contribution in [3.8, 4) is 12.3 Å². The zero-order valence-electron chi connectivity index (χ0n) is 80.2. The Morgan fingerprint density at radius 3 is 1.03 bits per heavy atom. The standard InChI is InChI=1S/C39H28N4O2.C39H34N2O2.C38H28N4O4.CIN2P/c1-38(2,3)20-13-15-26(39(4,5)6)30(17-20)43-36(44)24-18-28(41-8)33-22-12-10-11-21-27(40-7)16-14-23(31(21)22)34-29(42-9)19-25(37(43)45)32(24)35(33)34;1-20-17-26-34-27(37(43)41(36(26)42)30-19-22(38(3,4)5)13-15-28(30)39(6,7)8)18-21(2)32-25-14-16-29(40-9)23-11-10-12-24(33(23)25)31(20)35(32)34;1-40-28-17-27-31-25(36(44)42(38(27)46)21-10-6-3-7-11-21)14-12-22-29-19(18-39)16-26-30-24(15-13-23(33(29)30)32(28)34(22)31)35(43)41(37(26)45)20-8-4-2-5-9-20;2-5-4-1-3/h10-19H,1-6H3;10-19H,1-8H3;12-17,20-21H,2-11H2;/p+1/i/hD. The summed E-state index contributed by atoms with van der Waals surface area (Å²) < 4.78 is 9.79. The first-order valence-corrected chi connectivity index (χ1v) is 50.2. The van der Waals surface area contributed by atoms with E-state index in [0.29, 0.717) is 121 Å². The molecule has 17 aromatic carbocycles. The summed E-state index contributed by atoms with van der Waals surface area (Å²) in [6.45, 7) is 69.4. The summed E-state index contributed by atoms with van der Waals surface area (Å²) in [5, 5.41) is 35.8. The van der Waals surface area contributed by atoms with Crippen molar-refractivity contribution in [2.45, 2.75) is 195 Å². The fraction of sp³-hybridized carbons (Fsp3) is 0.256. The average Bonchev–Trinajstić information content (AvgIpc) is 0.685. The van der Waals surface area contributed by atoms with E-state index in [9.17, 15) is 43.6 Å². The lowest BCUT2D eigenvalue weighted by Crippen LogP contribution is -2.48. The van der Waals surface area contributed by atoms with Gasteiger partial charge in [0.05, 0.1) is 61.4 Å². The Hall–Kier alpha value is -15.5. The van der Waals surface area contributed by atoms with E-state index >= 15 is 0 Å². The third-order valence-electron chi connectivity index (χ3n) is 29.4. The van der Waals surface area contributed by atoms with Gasteiger partial charge in [-0.2, -0.15) is 10.5 Å². The number of amides is 8. The number of fused-ring (bicyclic) bond motifs is 6. The van der Waals surface area contributed by atoms with Crippen LogP contribution in [0.5, 0.6) is 0 Å². The van der Waals surface area contributed by atoms with Crippen LogP contribution < -0.4 is 9.80 Å². The molecule has 678 valence electrons. The van der Waals surface area contributed by atoms with Crippen LogP contribution >= 0.6 is 28.0 Å². The van der Waals surface area contributed by atoms with E-state index in [1.807, 2.05) is 106 Å². The van der Waals surface area contributed by atoms with E-state index in [2.05, 4.69) is 129 Å². The second-order valence-corrected chi connectivity index (χ2v) is 43.1. The van der Waals surface area contributed by atoms with E-state index in [0.717, 1.165) is 162 Å². The number of rotatable bonds is 4. The SMILES string of the molecule is [2H][P+](I)=NC#N.[C-]#[N+]c1cc2c3c(ccc4c5c(C#N)cc6c7c(ccc(c1c34)c75)C(=O)N(C1CCCCC1)C6=O)C(=O)N(C1CCCCC1)C2=O.[C-]#[N+]c1ccc2c3c(C)cc4c5c(cc(C)c(c6cccc1c62)c53)C(=O)N(c1cc(C(C)(C)C)ccc1C(C)(C)C)C4=O.[C-]#[N+]c1ccc2c3c([N+]#[C-])cc4c5c(cc([N+]#[C-])c(c6cccc1c62)c53)C(=O)N(c1cc(C(C)(C)C)ccc1C(C)(C)C)C4=O. The number of aryl methyl sites for hydroxylation is 2. The van der Waals surface area contributed by atoms with Gasteiger partial charge in [0.1, 0.15) is 0 Å². The highest BCUT2D eigenvalue weighted by Crippen LogP contribution is 2.57. The van der Waals surface area contributed by atoms with Crippen molar-refractivity contribution in [1.29, 1.82) is 11.8 Å². The summed E-state index contributed by atoms with van der Waals surface area (Å²) in [7, 11) is 0. The van der Waals surface area contributed by atoms with E-state index < -0.39 is 17.8 Å². The van der Waals surface area contributed by atoms with Gasteiger partial charge in [-0.15, -0.1) is 0 Å². The predicted octanol–water partition coefficient (Wildman–Crippen LogP) is 30.8. The number of carbonyl (C=O) groups excluding carboxylic acids is 8. The zero-order valence-corrected chi connectivity index (χ0v) is 82.2. The van der Waals surface area contributed by atoms with E-state index in [1.54, 1.807) is 76.6 Å². The molecule has 1 atom stereocenters. The largest absolute Gasteiger partial charge is 0.376 e. The summed E-state index contributed by atoms with van der Waals surface area (Å²) in [5.41, 5.74) is 11.2. The molecule has 2 aliphatic carbocycles. The fourth-order valence-electron chi connectivity index (χ4n) is 23.2. The van der Waals surface area contributed by atoms with E-state index in [-0.39, 0.29) is 103 Å². The molecule has 4 heterocycles. The zero-order chi connectivity index (χ0) is 99.3. The Morgan fingerprint density at radius 1 is 0.338 bits per heavy atom. The van der Waals surface area contributed by atoms with Crippen molar-refractivity contribution in [3.05, 3.63) is 298 Å². The maximum Gasteiger partial charge on any atom is 0.376 e. The van der Waals surface area contributed by atoms with Crippen LogP contribution in [0.4, 0.5) is 39.8 Å². The molecule has 0 saturated heterocycles. The maximum absolute atomic E-state index is 14.6. The fourth-order valence-corrected chi connectivity index (χ4v) is 23.5. The van der Waals surface area contributed by atoms with Crippen LogP contribution in [0.2, 0.25) is 0 Å². The van der Waals surface area contributed by atoms with Gasteiger partial charge in [0.2, 0.25) is 6.19 Å². The third-order valence-corrected chi connectivity index (χ3v) is 30.2. The molecule has 4 aliphatic heterocycles. The normalized spacial score (nSPS) is 15.5. The van der Waals surface area contributed by atoms with Gasteiger partial charge in [0.25, 0.3) is 75.3 Å². The van der Waals surface area contributed by atoms with Gasteiger partial charge >= 0.3 is 1.28 Å². The lowest BCUT2D eigenvalue weighted by molar-refractivity contribution is 0.0487. The number of anilines is 2. The molecule has 2 saturated carbocycles. The van der Waals surface area contributed by atoms with Crippen LogP contribution in [0, 0.1) is 69.5 Å². The van der Waals surface area contributed by atoms with Crippen molar-refractivity contribution < 1.29 is 38.4 Å². The Kier molecular flexibility index (Phi) is 21.5. The Morgan fingerprint density at radius 2 is 0.655 bits per heavy atom. The van der Waals surface area contributed by atoms with Gasteiger partial charge in [0.15, 0.2) is 28.4 Å². The van der Waals surface area contributed by atoms with Crippen molar-refractivity contribution in [2.75, 3.05) is 9.80 Å². The lowest BCUT2D eigenvalue weighted by atomic mass is 9.79. The summed E-state index contributed by atoms with van der Waals surface area (Å²) >= 11 is 1.78.